The van der Waals surface area contributed by atoms with Crippen molar-refractivity contribution in [1.82, 2.24) is 15.0 Å². The van der Waals surface area contributed by atoms with Crippen LogP contribution in [0.25, 0.3) is 12.2 Å². The molecule has 0 saturated carbocycles. The molecule has 0 aliphatic carbocycles. The van der Waals surface area contributed by atoms with Gasteiger partial charge in [-0.15, -0.1) is 5.10 Å². The molecule has 5 heteroatoms. The normalized spacial score (nSPS) is 11.2. The quantitative estimate of drug-likeness (QED) is 0.876. The fourth-order valence-corrected chi connectivity index (χ4v) is 1.47. The van der Waals surface area contributed by atoms with Crippen LogP contribution in [0.3, 0.4) is 0 Å². The van der Waals surface area contributed by atoms with E-state index in [0.717, 1.165) is 11.3 Å². The molecule has 2 aromatic rings. The molecule has 0 spiro atoms. The number of aromatic nitrogens is 3. The van der Waals surface area contributed by atoms with Gasteiger partial charge in [-0.3, -0.25) is 0 Å². The number of hydrogen-bond acceptors (Lipinski definition) is 3. The molecule has 1 aromatic heterocycles. The van der Waals surface area contributed by atoms with Crippen LogP contribution in [-0.4, -0.2) is 20.1 Å². The maximum absolute atomic E-state index is 12.7. The maximum Gasteiger partial charge on any atom is 0.123 e. The van der Waals surface area contributed by atoms with E-state index in [4.69, 9.17) is 5.11 Å². The monoisotopic (exact) mass is 233 g/mol. The summed E-state index contributed by atoms with van der Waals surface area (Å²) in [5.74, 6) is -0.264. The minimum absolute atomic E-state index is 0.156. The fourth-order valence-electron chi connectivity index (χ4n) is 1.47. The standard InChI is InChI=1S/C12H12FN3O/c1-16-12(11(8-17)14-15-16)7-4-9-2-5-10(13)6-3-9/h2-7,17H,8H2,1H3/b7-4+. The molecule has 0 aliphatic rings. The molecule has 4 nitrogen and oxygen atoms in total. The largest absolute Gasteiger partial charge is 0.390 e. The third-order valence-corrected chi connectivity index (χ3v) is 2.40. The Hall–Kier alpha value is -2.01. The second kappa shape index (κ2) is 4.88. The molecule has 88 valence electrons. The lowest BCUT2D eigenvalue weighted by atomic mass is 10.2. The molecule has 0 bridgehead atoms. The summed E-state index contributed by atoms with van der Waals surface area (Å²) < 4.78 is 14.3. The summed E-state index contributed by atoms with van der Waals surface area (Å²) in [5.41, 5.74) is 2.12. The number of halogens is 1. The van der Waals surface area contributed by atoms with Gasteiger partial charge in [-0.1, -0.05) is 23.4 Å². The predicted octanol–water partition coefficient (Wildman–Crippen LogP) is 1.62. The smallest absolute Gasteiger partial charge is 0.123 e. The maximum atomic E-state index is 12.7. The van der Waals surface area contributed by atoms with Crippen molar-refractivity contribution in [3.8, 4) is 0 Å². The number of rotatable bonds is 3. The van der Waals surface area contributed by atoms with E-state index in [-0.39, 0.29) is 12.4 Å². The van der Waals surface area contributed by atoms with Gasteiger partial charge in [0, 0.05) is 7.05 Å². The summed E-state index contributed by atoms with van der Waals surface area (Å²) in [6.07, 6.45) is 3.61. The first-order valence-corrected chi connectivity index (χ1v) is 5.14. The van der Waals surface area contributed by atoms with E-state index < -0.39 is 0 Å². The zero-order chi connectivity index (χ0) is 12.3. The molecule has 0 aliphatic heterocycles. The molecular formula is C12H12FN3O. The highest BCUT2D eigenvalue weighted by Crippen LogP contribution is 2.11. The van der Waals surface area contributed by atoms with Crippen molar-refractivity contribution in [2.45, 2.75) is 6.61 Å². The minimum Gasteiger partial charge on any atom is -0.390 e. The van der Waals surface area contributed by atoms with Crippen molar-refractivity contribution in [3.05, 3.63) is 47.0 Å². The molecular weight excluding hydrogens is 221 g/mol. The first-order chi connectivity index (χ1) is 8.20. The highest BCUT2D eigenvalue weighted by Gasteiger charge is 2.05. The lowest BCUT2D eigenvalue weighted by Gasteiger charge is -1.96. The summed E-state index contributed by atoms with van der Waals surface area (Å²) in [4.78, 5) is 0. The number of aryl methyl sites for hydroxylation is 1. The van der Waals surface area contributed by atoms with Crippen molar-refractivity contribution in [2.75, 3.05) is 0 Å². The van der Waals surface area contributed by atoms with E-state index >= 15 is 0 Å². The molecule has 0 amide bonds. The lowest BCUT2D eigenvalue weighted by Crippen LogP contribution is -1.94. The van der Waals surface area contributed by atoms with E-state index in [1.807, 2.05) is 6.08 Å². The van der Waals surface area contributed by atoms with Crippen LogP contribution in [0.15, 0.2) is 24.3 Å². The van der Waals surface area contributed by atoms with E-state index in [9.17, 15) is 4.39 Å². The van der Waals surface area contributed by atoms with Gasteiger partial charge in [0.25, 0.3) is 0 Å². The Kier molecular flexibility index (Phi) is 3.30. The van der Waals surface area contributed by atoms with E-state index in [0.29, 0.717) is 5.69 Å². The molecule has 0 unspecified atom stereocenters. The summed E-state index contributed by atoms with van der Waals surface area (Å²) >= 11 is 0. The van der Waals surface area contributed by atoms with Crippen LogP contribution < -0.4 is 0 Å². The molecule has 17 heavy (non-hydrogen) atoms. The molecule has 0 radical (unpaired) electrons. The fraction of sp³-hybridized carbons (Fsp3) is 0.167. The first-order valence-electron chi connectivity index (χ1n) is 5.14. The number of nitrogens with zero attached hydrogens (tertiary/aromatic N) is 3. The van der Waals surface area contributed by atoms with Crippen LogP contribution in [0, 0.1) is 5.82 Å². The van der Waals surface area contributed by atoms with Crippen molar-refractivity contribution in [1.29, 1.82) is 0 Å². The second-order valence-electron chi connectivity index (χ2n) is 3.59. The third-order valence-electron chi connectivity index (χ3n) is 2.40. The van der Waals surface area contributed by atoms with Crippen molar-refractivity contribution in [2.24, 2.45) is 7.05 Å². The Bertz CT molecular complexity index is 531. The van der Waals surface area contributed by atoms with E-state index in [1.54, 1.807) is 29.9 Å². The topological polar surface area (TPSA) is 50.9 Å². The summed E-state index contributed by atoms with van der Waals surface area (Å²) in [6.45, 7) is -0.156. The Labute approximate surface area is 98.0 Å². The van der Waals surface area contributed by atoms with Crippen LogP contribution in [0.4, 0.5) is 4.39 Å². The van der Waals surface area contributed by atoms with Gasteiger partial charge in [0.05, 0.1) is 12.3 Å². The van der Waals surface area contributed by atoms with Gasteiger partial charge in [-0.05, 0) is 23.8 Å². The SMILES string of the molecule is Cn1nnc(CO)c1/C=C/c1ccc(F)cc1. The van der Waals surface area contributed by atoms with Crippen molar-refractivity contribution < 1.29 is 9.50 Å². The zero-order valence-electron chi connectivity index (χ0n) is 9.34. The van der Waals surface area contributed by atoms with Crippen LogP contribution in [0.1, 0.15) is 17.0 Å². The average molecular weight is 233 g/mol. The average Bonchev–Trinajstić information content (AvgIpc) is 2.69. The number of aliphatic hydroxyl groups excluding tert-OH is 1. The van der Waals surface area contributed by atoms with Crippen molar-refractivity contribution in [3.63, 3.8) is 0 Å². The van der Waals surface area contributed by atoms with Crippen LogP contribution in [0.2, 0.25) is 0 Å². The Morgan fingerprint density at radius 2 is 2.00 bits per heavy atom. The van der Waals surface area contributed by atoms with E-state index in [2.05, 4.69) is 10.3 Å². The predicted molar refractivity (Wildman–Crippen MR) is 62.3 cm³/mol. The van der Waals surface area contributed by atoms with Gasteiger partial charge in [-0.2, -0.15) is 0 Å². The Morgan fingerprint density at radius 1 is 1.29 bits per heavy atom. The number of benzene rings is 1. The third kappa shape index (κ3) is 2.57. The second-order valence-corrected chi connectivity index (χ2v) is 3.59. The van der Waals surface area contributed by atoms with Gasteiger partial charge in [-0.25, -0.2) is 9.07 Å². The summed E-state index contributed by atoms with van der Waals surface area (Å²) in [7, 11) is 1.75. The molecule has 1 heterocycles. The zero-order valence-corrected chi connectivity index (χ0v) is 9.34. The summed E-state index contributed by atoms with van der Waals surface area (Å²) in [6, 6.07) is 6.14. The molecule has 1 N–H and O–H groups in total. The molecule has 0 fully saturated rings. The number of hydrogen-bond donors (Lipinski definition) is 1. The van der Waals surface area contributed by atoms with Crippen LogP contribution >= 0.6 is 0 Å². The highest BCUT2D eigenvalue weighted by molar-refractivity contribution is 5.68. The molecule has 0 atom stereocenters. The van der Waals surface area contributed by atoms with E-state index in [1.165, 1.54) is 12.1 Å². The van der Waals surface area contributed by atoms with Crippen LogP contribution in [-0.2, 0) is 13.7 Å². The van der Waals surface area contributed by atoms with Gasteiger partial charge in [0.2, 0.25) is 0 Å². The molecule has 0 saturated heterocycles. The van der Waals surface area contributed by atoms with Gasteiger partial charge in [0.1, 0.15) is 11.5 Å². The first kappa shape index (κ1) is 11.5. The van der Waals surface area contributed by atoms with Crippen LogP contribution in [0.5, 0.6) is 0 Å². The Balaban J connectivity index is 2.25. The number of aliphatic hydroxyl groups is 1. The molecule has 2 rings (SSSR count). The highest BCUT2D eigenvalue weighted by atomic mass is 19.1. The minimum atomic E-state index is -0.264. The lowest BCUT2D eigenvalue weighted by molar-refractivity contribution is 0.276. The Morgan fingerprint density at radius 3 is 2.65 bits per heavy atom. The van der Waals surface area contributed by atoms with Gasteiger partial charge in [0.15, 0.2) is 0 Å². The van der Waals surface area contributed by atoms with Crippen molar-refractivity contribution >= 4 is 12.2 Å². The van der Waals surface area contributed by atoms with Gasteiger partial charge >= 0.3 is 0 Å². The van der Waals surface area contributed by atoms with Gasteiger partial charge < -0.3 is 5.11 Å². The molecule has 1 aromatic carbocycles. The summed E-state index contributed by atoms with van der Waals surface area (Å²) in [5, 5.41) is 16.7.